The molecule has 0 unspecified atom stereocenters. The summed E-state index contributed by atoms with van der Waals surface area (Å²) in [6.07, 6.45) is 1.79. The Morgan fingerprint density at radius 1 is 0.913 bits per heavy atom. The van der Waals surface area contributed by atoms with Crippen molar-refractivity contribution < 1.29 is 4.79 Å². The van der Waals surface area contributed by atoms with Crippen molar-refractivity contribution in [3.63, 3.8) is 0 Å². The molecular weight excluding hydrogens is 286 g/mol. The van der Waals surface area contributed by atoms with Gasteiger partial charge in [-0.1, -0.05) is 60.7 Å². The molecule has 0 spiro atoms. The standard InChI is InChI=1S/C19H19N3O/c1-21-13-12-18(20-21)19(23)22(14-16-8-4-2-5-9-16)15-17-10-6-3-7-11-17/h2-13H,14-15H2,1H3. The van der Waals surface area contributed by atoms with Gasteiger partial charge >= 0.3 is 0 Å². The highest BCUT2D eigenvalue weighted by Crippen LogP contribution is 2.13. The average molecular weight is 305 g/mol. The monoisotopic (exact) mass is 305 g/mol. The summed E-state index contributed by atoms with van der Waals surface area (Å²) in [4.78, 5) is 14.6. The highest BCUT2D eigenvalue weighted by molar-refractivity contribution is 5.92. The summed E-state index contributed by atoms with van der Waals surface area (Å²) in [5.41, 5.74) is 2.68. The van der Waals surface area contributed by atoms with Crippen molar-refractivity contribution >= 4 is 5.91 Å². The summed E-state index contributed by atoms with van der Waals surface area (Å²) in [5.74, 6) is -0.0571. The highest BCUT2D eigenvalue weighted by Gasteiger charge is 2.18. The Bertz CT molecular complexity index is 724. The lowest BCUT2D eigenvalue weighted by Gasteiger charge is -2.22. The summed E-state index contributed by atoms with van der Waals surface area (Å²) in [7, 11) is 1.81. The van der Waals surface area contributed by atoms with Crippen LogP contribution in [-0.2, 0) is 20.1 Å². The van der Waals surface area contributed by atoms with E-state index in [4.69, 9.17) is 0 Å². The van der Waals surface area contributed by atoms with E-state index in [1.165, 1.54) is 0 Å². The normalized spacial score (nSPS) is 10.5. The molecule has 1 amide bonds. The number of carbonyl (C=O) groups excluding carboxylic acids is 1. The lowest BCUT2D eigenvalue weighted by molar-refractivity contribution is 0.0723. The van der Waals surface area contributed by atoms with Crippen LogP contribution in [0.25, 0.3) is 0 Å². The Morgan fingerprint density at radius 3 is 1.87 bits per heavy atom. The van der Waals surface area contributed by atoms with Crippen LogP contribution in [0.4, 0.5) is 0 Å². The smallest absolute Gasteiger partial charge is 0.274 e. The molecule has 0 saturated heterocycles. The van der Waals surface area contributed by atoms with E-state index in [9.17, 15) is 4.79 Å². The van der Waals surface area contributed by atoms with Gasteiger partial charge in [-0.25, -0.2) is 0 Å². The van der Waals surface area contributed by atoms with Crippen molar-refractivity contribution in [2.45, 2.75) is 13.1 Å². The maximum Gasteiger partial charge on any atom is 0.274 e. The van der Waals surface area contributed by atoms with Gasteiger partial charge < -0.3 is 4.90 Å². The van der Waals surface area contributed by atoms with Crippen LogP contribution in [0, 0.1) is 0 Å². The third-order valence-corrected chi connectivity index (χ3v) is 3.65. The van der Waals surface area contributed by atoms with Gasteiger partial charge in [0, 0.05) is 26.3 Å². The molecule has 0 atom stereocenters. The van der Waals surface area contributed by atoms with Crippen LogP contribution >= 0.6 is 0 Å². The first kappa shape index (κ1) is 15.0. The summed E-state index contributed by atoms with van der Waals surface area (Å²) in [6, 6.07) is 21.8. The summed E-state index contributed by atoms with van der Waals surface area (Å²) in [5, 5.41) is 4.24. The Kier molecular flexibility index (Phi) is 4.52. The van der Waals surface area contributed by atoms with E-state index >= 15 is 0 Å². The van der Waals surface area contributed by atoms with Crippen molar-refractivity contribution in [2.75, 3.05) is 0 Å². The predicted molar refractivity (Wildman–Crippen MR) is 89.7 cm³/mol. The Morgan fingerprint density at radius 2 is 1.43 bits per heavy atom. The number of carbonyl (C=O) groups is 1. The third-order valence-electron chi connectivity index (χ3n) is 3.65. The molecule has 0 aliphatic heterocycles. The van der Waals surface area contributed by atoms with Crippen LogP contribution in [0.5, 0.6) is 0 Å². The van der Waals surface area contributed by atoms with Gasteiger partial charge in [-0.2, -0.15) is 5.10 Å². The summed E-state index contributed by atoms with van der Waals surface area (Å²) < 4.78 is 1.65. The number of benzene rings is 2. The maximum absolute atomic E-state index is 12.8. The number of aryl methyl sites for hydroxylation is 1. The van der Waals surface area contributed by atoms with Crippen LogP contribution in [0.1, 0.15) is 21.6 Å². The molecule has 2 aromatic carbocycles. The highest BCUT2D eigenvalue weighted by atomic mass is 16.2. The zero-order valence-corrected chi connectivity index (χ0v) is 13.1. The fourth-order valence-electron chi connectivity index (χ4n) is 2.50. The number of amides is 1. The molecule has 0 saturated carbocycles. The van der Waals surface area contributed by atoms with Gasteiger partial charge in [0.25, 0.3) is 5.91 Å². The molecule has 1 aromatic heterocycles. The first-order valence-corrected chi connectivity index (χ1v) is 7.59. The molecule has 0 N–H and O–H groups in total. The van der Waals surface area contributed by atoms with E-state index in [2.05, 4.69) is 5.10 Å². The summed E-state index contributed by atoms with van der Waals surface area (Å²) >= 11 is 0. The third kappa shape index (κ3) is 3.86. The SMILES string of the molecule is Cn1ccc(C(=O)N(Cc2ccccc2)Cc2ccccc2)n1. The van der Waals surface area contributed by atoms with Crippen molar-refractivity contribution in [3.8, 4) is 0 Å². The zero-order chi connectivity index (χ0) is 16.1. The van der Waals surface area contributed by atoms with Gasteiger partial charge in [-0.15, -0.1) is 0 Å². The van der Waals surface area contributed by atoms with E-state index in [1.54, 1.807) is 16.9 Å². The molecular formula is C19H19N3O. The van der Waals surface area contributed by atoms with E-state index in [1.807, 2.05) is 72.6 Å². The fraction of sp³-hybridized carbons (Fsp3) is 0.158. The zero-order valence-electron chi connectivity index (χ0n) is 13.1. The van der Waals surface area contributed by atoms with Gasteiger partial charge in [-0.3, -0.25) is 9.48 Å². The van der Waals surface area contributed by atoms with Gasteiger partial charge in [0.05, 0.1) is 0 Å². The Labute approximate surface area is 136 Å². The van der Waals surface area contributed by atoms with Crippen molar-refractivity contribution in [3.05, 3.63) is 89.7 Å². The second-order valence-corrected chi connectivity index (χ2v) is 5.51. The molecule has 0 aliphatic carbocycles. The van der Waals surface area contributed by atoms with Crippen molar-refractivity contribution in [1.29, 1.82) is 0 Å². The molecule has 1 heterocycles. The number of nitrogens with zero attached hydrogens (tertiary/aromatic N) is 3. The largest absolute Gasteiger partial charge is 0.329 e. The Balaban J connectivity index is 1.84. The molecule has 0 bridgehead atoms. The number of rotatable bonds is 5. The minimum atomic E-state index is -0.0571. The van der Waals surface area contributed by atoms with Gasteiger partial charge in [0.1, 0.15) is 5.69 Å². The second kappa shape index (κ2) is 6.92. The number of hydrogen-bond donors (Lipinski definition) is 0. The quantitative estimate of drug-likeness (QED) is 0.725. The lowest BCUT2D eigenvalue weighted by Crippen LogP contribution is -2.30. The van der Waals surface area contributed by atoms with Crippen LogP contribution in [0.2, 0.25) is 0 Å². The van der Waals surface area contributed by atoms with Gasteiger partial charge in [0.15, 0.2) is 0 Å². The molecule has 4 nitrogen and oxygen atoms in total. The van der Waals surface area contributed by atoms with Gasteiger partial charge in [0.2, 0.25) is 0 Å². The van der Waals surface area contributed by atoms with Crippen LogP contribution in [-0.4, -0.2) is 20.6 Å². The molecule has 4 heteroatoms. The van der Waals surface area contributed by atoms with Gasteiger partial charge in [-0.05, 0) is 17.2 Å². The molecule has 116 valence electrons. The first-order chi connectivity index (χ1) is 11.2. The topological polar surface area (TPSA) is 38.1 Å². The average Bonchev–Trinajstić information content (AvgIpc) is 3.02. The van der Waals surface area contributed by atoms with Crippen LogP contribution in [0.15, 0.2) is 72.9 Å². The minimum absolute atomic E-state index is 0.0571. The molecule has 23 heavy (non-hydrogen) atoms. The van der Waals surface area contributed by atoms with E-state index in [0.29, 0.717) is 18.8 Å². The predicted octanol–water partition coefficient (Wildman–Crippen LogP) is 3.26. The maximum atomic E-state index is 12.8. The first-order valence-electron chi connectivity index (χ1n) is 7.59. The minimum Gasteiger partial charge on any atom is -0.329 e. The lowest BCUT2D eigenvalue weighted by atomic mass is 10.1. The van der Waals surface area contributed by atoms with E-state index in [0.717, 1.165) is 11.1 Å². The van der Waals surface area contributed by atoms with Crippen LogP contribution < -0.4 is 0 Å². The van der Waals surface area contributed by atoms with Crippen molar-refractivity contribution in [2.24, 2.45) is 7.05 Å². The van der Waals surface area contributed by atoms with Crippen LogP contribution in [0.3, 0.4) is 0 Å². The number of hydrogen-bond acceptors (Lipinski definition) is 2. The van der Waals surface area contributed by atoms with E-state index < -0.39 is 0 Å². The van der Waals surface area contributed by atoms with Crippen molar-refractivity contribution in [1.82, 2.24) is 14.7 Å². The molecule has 0 fully saturated rings. The Hall–Kier alpha value is -2.88. The molecule has 3 rings (SSSR count). The summed E-state index contributed by atoms with van der Waals surface area (Å²) in [6.45, 7) is 1.12. The number of aromatic nitrogens is 2. The molecule has 3 aromatic rings. The molecule has 0 aliphatic rings. The molecule has 0 radical (unpaired) electrons. The fourth-order valence-corrected chi connectivity index (χ4v) is 2.50. The van der Waals surface area contributed by atoms with E-state index in [-0.39, 0.29) is 5.91 Å². The second-order valence-electron chi connectivity index (χ2n) is 5.51.